The van der Waals surface area contributed by atoms with Crippen molar-refractivity contribution < 1.29 is 4.79 Å². The number of nitriles is 1. The molecule has 20 heavy (non-hydrogen) atoms. The molecule has 0 aromatic heterocycles. The van der Waals surface area contributed by atoms with Gasteiger partial charge in [0.15, 0.2) is 0 Å². The van der Waals surface area contributed by atoms with E-state index in [9.17, 15) is 4.79 Å². The van der Waals surface area contributed by atoms with E-state index in [1.165, 1.54) is 10.8 Å². The maximum Gasteiger partial charge on any atom is 0.321 e. The second kappa shape index (κ2) is 4.86. The average molecular weight is 265 g/mol. The Morgan fingerprint density at radius 2 is 2.00 bits per heavy atom. The van der Waals surface area contributed by atoms with Crippen molar-refractivity contribution in [2.24, 2.45) is 0 Å². The summed E-state index contributed by atoms with van der Waals surface area (Å²) in [5, 5.41) is 11.1. The molecule has 2 amide bonds. The minimum Gasteiger partial charge on any atom is -0.319 e. The quantitative estimate of drug-likeness (QED) is 0.784. The van der Waals surface area contributed by atoms with Crippen molar-refractivity contribution in [3.63, 3.8) is 0 Å². The van der Waals surface area contributed by atoms with Crippen LogP contribution in [0.4, 0.5) is 4.79 Å². The van der Waals surface area contributed by atoms with Crippen LogP contribution in [0, 0.1) is 11.3 Å². The first-order valence-electron chi connectivity index (χ1n) is 6.58. The molecule has 1 fully saturated rings. The Balaban J connectivity index is 1.95. The Morgan fingerprint density at radius 3 is 2.75 bits per heavy atom. The summed E-state index contributed by atoms with van der Waals surface area (Å²) < 4.78 is 0. The fraction of sp³-hybridized carbons (Fsp3) is 0.250. The number of benzene rings is 2. The van der Waals surface area contributed by atoms with Crippen LogP contribution >= 0.6 is 0 Å². The summed E-state index contributed by atoms with van der Waals surface area (Å²) in [5.74, 6) is 0. The Morgan fingerprint density at radius 1 is 1.25 bits per heavy atom. The number of urea groups is 1. The van der Waals surface area contributed by atoms with Crippen LogP contribution in [0.5, 0.6) is 0 Å². The lowest BCUT2D eigenvalue weighted by Gasteiger charge is -2.18. The first-order chi connectivity index (χ1) is 9.70. The van der Waals surface area contributed by atoms with Crippen molar-refractivity contribution >= 4 is 16.8 Å². The number of hydrogen-bond donors (Lipinski definition) is 0. The molecule has 0 aliphatic carbocycles. The summed E-state index contributed by atoms with van der Waals surface area (Å²) >= 11 is 0. The standard InChI is InChI=1S/C16H15N3O/c1-18-15(11-19(9-8-17)16(18)20)14-7-6-12-4-2-3-5-13(12)10-14/h2-7,10,15H,9,11H2,1H3. The zero-order chi connectivity index (χ0) is 14.1. The minimum absolute atomic E-state index is 0.0143. The number of carbonyl (C=O) groups is 1. The Labute approximate surface area is 117 Å². The second-order valence-corrected chi connectivity index (χ2v) is 5.05. The number of carbonyl (C=O) groups excluding carboxylic acids is 1. The van der Waals surface area contributed by atoms with Gasteiger partial charge in [-0.25, -0.2) is 4.79 Å². The number of rotatable bonds is 2. The molecule has 0 radical (unpaired) electrons. The van der Waals surface area contributed by atoms with Gasteiger partial charge in [0, 0.05) is 13.6 Å². The van der Waals surface area contributed by atoms with Crippen LogP contribution in [0.1, 0.15) is 11.6 Å². The summed E-state index contributed by atoms with van der Waals surface area (Å²) in [6, 6.07) is 16.4. The van der Waals surface area contributed by atoms with Crippen molar-refractivity contribution in [1.82, 2.24) is 9.80 Å². The first-order valence-corrected chi connectivity index (χ1v) is 6.58. The number of hydrogen-bond acceptors (Lipinski definition) is 2. The van der Waals surface area contributed by atoms with Gasteiger partial charge in [-0.15, -0.1) is 0 Å². The molecular formula is C16H15N3O. The highest BCUT2D eigenvalue weighted by molar-refractivity contribution is 5.84. The zero-order valence-electron chi connectivity index (χ0n) is 11.3. The molecule has 1 aliphatic heterocycles. The van der Waals surface area contributed by atoms with E-state index in [0.717, 1.165) is 5.56 Å². The van der Waals surface area contributed by atoms with Gasteiger partial charge in [0.25, 0.3) is 0 Å². The number of amides is 2. The number of fused-ring (bicyclic) bond motifs is 1. The van der Waals surface area contributed by atoms with Crippen molar-refractivity contribution in [1.29, 1.82) is 5.26 Å². The smallest absolute Gasteiger partial charge is 0.319 e. The van der Waals surface area contributed by atoms with E-state index in [2.05, 4.69) is 30.3 Å². The largest absolute Gasteiger partial charge is 0.321 e. The Bertz CT molecular complexity index is 704. The van der Waals surface area contributed by atoms with Crippen LogP contribution in [-0.2, 0) is 0 Å². The van der Waals surface area contributed by atoms with Crippen LogP contribution in [0.25, 0.3) is 10.8 Å². The molecule has 1 atom stereocenters. The summed E-state index contributed by atoms with van der Waals surface area (Å²) in [6.07, 6.45) is 0. The number of nitrogens with zero attached hydrogens (tertiary/aromatic N) is 3. The number of likely N-dealkylation sites (N-methyl/N-ethyl adjacent to an activating group) is 1. The van der Waals surface area contributed by atoms with Gasteiger partial charge in [-0.05, 0) is 22.4 Å². The molecule has 3 rings (SSSR count). The molecule has 4 nitrogen and oxygen atoms in total. The fourth-order valence-electron chi connectivity index (χ4n) is 2.73. The van der Waals surface area contributed by atoms with Crippen LogP contribution in [-0.4, -0.2) is 36.0 Å². The van der Waals surface area contributed by atoms with Crippen molar-refractivity contribution in [3.05, 3.63) is 48.0 Å². The molecule has 1 heterocycles. The molecule has 1 unspecified atom stereocenters. The van der Waals surface area contributed by atoms with Crippen molar-refractivity contribution in [2.45, 2.75) is 6.04 Å². The summed E-state index contributed by atoms with van der Waals surface area (Å²) in [7, 11) is 1.79. The van der Waals surface area contributed by atoms with E-state index in [-0.39, 0.29) is 18.6 Å². The predicted octanol–water partition coefficient (Wildman–Crippen LogP) is 2.77. The summed E-state index contributed by atoms with van der Waals surface area (Å²) in [4.78, 5) is 15.3. The summed E-state index contributed by atoms with van der Waals surface area (Å²) in [5.41, 5.74) is 1.11. The van der Waals surface area contributed by atoms with Gasteiger partial charge in [0.2, 0.25) is 0 Å². The van der Waals surface area contributed by atoms with Gasteiger partial charge < -0.3 is 9.80 Å². The third-order valence-electron chi connectivity index (χ3n) is 3.85. The van der Waals surface area contributed by atoms with Gasteiger partial charge in [-0.3, -0.25) is 0 Å². The molecule has 2 aromatic rings. The second-order valence-electron chi connectivity index (χ2n) is 5.05. The van der Waals surface area contributed by atoms with E-state index >= 15 is 0 Å². The van der Waals surface area contributed by atoms with Crippen molar-refractivity contribution in [3.8, 4) is 6.07 Å². The maximum atomic E-state index is 12.0. The van der Waals surface area contributed by atoms with E-state index in [0.29, 0.717) is 6.54 Å². The monoisotopic (exact) mass is 265 g/mol. The Kier molecular flexibility index (Phi) is 3.03. The molecule has 0 N–H and O–H groups in total. The maximum absolute atomic E-state index is 12.0. The molecule has 4 heteroatoms. The van der Waals surface area contributed by atoms with E-state index < -0.39 is 0 Å². The summed E-state index contributed by atoms with van der Waals surface area (Å²) in [6.45, 7) is 0.717. The van der Waals surface area contributed by atoms with Gasteiger partial charge in [0.1, 0.15) is 6.54 Å². The highest BCUT2D eigenvalue weighted by Gasteiger charge is 2.35. The van der Waals surface area contributed by atoms with Crippen LogP contribution in [0.2, 0.25) is 0 Å². The molecule has 1 aliphatic rings. The molecule has 0 bridgehead atoms. The molecule has 1 saturated heterocycles. The van der Waals surface area contributed by atoms with E-state index in [1.54, 1.807) is 16.8 Å². The SMILES string of the molecule is CN1C(=O)N(CC#N)CC1c1ccc2ccccc2c1. The van der Waals surface area contributed by atoms with Crippen LogP contribution in [0.3, 0.4) is 0 Å². The Hall–Kier alpha value is -2.54. The lowest BCUT2D eigenvalue weighted by molar-refractivity contribution is 0.199. The topological polar surface area (TPSA) is 47.3 Å². The fourth-order valence-corrected chi connectivity index (χ4v) is 2.73. The first kappa shape index (κ1) is 12.5. The highest BCUT2D eigenvalue weighted by Crippen LogP contribution is 2.29. The lowest BCUT2D eigenvalue weighted by atomic mass is 10.0. The molecular weight excluding hydrogens is 250 g/mol. The lowest BCUT2D eigenvalue weighted by Crippen LogP contribution is -2.29. The highest BCUT2D eigenvalue weighted by atomic mass is 16.2. The third kappa shape index (κ3) is 1.97. The predicted molar refractivity (Wildman–Crippen MR) is 77.0 cm³/mol. The third-order valence-corrected chi connectivity index (χ3v) is 3.85. The van der Waals surface area contributed by atoms with Gasteiger partial charge in [-0.2, -0.15) is 5.26 Å². The minimum atomic E-state index is -0.0790. The zero-order valence-corrected chi connectivity index (χ0v) is 11.3. The average Bonchev–Trinajstić information content (AvgIpc) is 2.76. The van der Waals surface area contributed by atoms with Crippen molar-refractivity contribution in [2.75, 3.05) is 20.1 Å². The van der Waals surface area contributed by atoms with Gasteiger partial charge >= 0.3 is 6.03 Å². The van der Waals surface area contributed by atoms with E-state index in [4.69, 9.17) is 5.26 Å². The van der Waals surface area contributed by atoms with Crippen LogP contribution < -0.4 is 0 Å². The molecule has 2 aromatic carbocycles. The van der Waals surface area contributed by atoms with Gasteiger partial charge in [-0.1, -0.05) is 36.4 Å². The van der Waals surface area contributed by atoms with E-state index in [1.807, 2.05) is 18.2 Å². The normalized spacial score (nSPS) is 18.6. The van der Waals surface area contributed by atoms with Crippen LogP contribution in [0.15, 0.2) is 42.5 Å². The van der Waals surface area contributed by atoms with Gasteiger partial charge in [0.05, 0.1) is 12.1 Å². The molecule has 0 spiro atoms. The molecule has 100 valence electrons. The molecule has 0 saturated carbocycles.